The van der Waals surface area contributed by atoms with Gasteiger partial charge in [-0.15, -0.1) is 0 Å². The molecule has 0 saturated heterocycles. The highest BCUT2D eigenvalue weighted by Crippen LogP contribution is 2.12. The molecule has 0 atom stereocenters. The maximum absolute atomic E-state index is 11.0. The molecule has 2 aromatic rings. The summed E-state index contributed by atoms with van der Waals surface area (Å²) in [5.41, 5.74) is 7.20. The van der Waals surface area contributed by atoms with Crippen molar-refractivity contribution >= 4 is 11.6 Å². The monoisotopic (exact) mass is 258 g/mol. The Kier molecular flexibility index (Phi) is 3.92. The van der Waals surface area contributed by atoms with Crippen LogP contribution in [0, 0.1) is 0 Å². The van der Waals surface area contributed by atoms with Crippen molar-refractivity contribution in [2.24, 2.45) is 5.73 Å². The maximum Gasteiger partial charge on any atom is 0.267 e. The van der Waals surface area contributed by atoms with Crippen LogP contribution in [0.4, 0.5) is 5.69 Å². The van der Waals surface area contributed by atoms with Crippen molar-refractivity contribution in [1.82, 2.24) is 9.97 Å². The quantitative estimate of drug-likeness (QED) is 0.840. The Balaban J connectivity index is 2.05. The fourth-order valence-electron chi connectivity index (χ4n) is 1.55. The van der Waals surface area contributed by atoms with Gasteiger partial charge in [-0.05, 0) is 23.8 Å². The molecule has 0 fully saturated rings. The Morgan fingerprint density at radius 1 is 1.32 bits per heavy atom. The molecule has 0 spiro atoms. The lowest BCUT2D eigenvalue weighted by Crippen LogP contribution is -2.13. The third kappa shape index (κ3) is 3.41. The second-order valence-corrected chi connectivity index (χ2v) is 3.85. The van der Waals surface area contributed by atoms with E-state index >= 15 is 0 Å². The van der Waals surface area contributed by atoms with Gasteiger partial charge in [0.25, 0.3) is 5.91 Å². The van der Waals surface area contributed by atoms with Crippen molar-refractivity contribution < 1.29 is 9.53 Å². The summed E-state index contributed by atoms with van der Waals surface area (Å²) in [6, 6.07) is 7.10. The third-order valence-corrected chi connectivity index (χ3v) is 2.52. The van der Waals surface area contributed by atoms with Gasteiger partial charge < -0.3 is 15.8 Å². The zero-order valence-electron chi connectivity index (χ0n) is 10.5. The first-order valence-corrected chi connectivity index (χ1v) is 5.67. The summed E-state index contributed by atoms with van der Waals surface area (Å²) in [4.78, 5) is 18.9. The molecule has 6 heteroatoms. The molecule has 2 heterocycles. The SMILES string of the molecule is COc1cc(CNc2ccnc(C(N)=O)c2)ccn1. The van der Waals surface area contributed by atoms with Gasteiger partial charge in [-0.3, -0.25) is 9.78 Å². The lowest BCUT2D eigenvalue weighted by atomic mass is 10.2. The van der Waals surface area contributed by atoms with Gasteiger partial charge in [-0.25, -0.2) is 4.98 Å². The number of amides is 1. The van der Waals surface area contributed by atoms with Gasteiger partial charge in [-0.1, -0.05) is 0 Å². The zero-order chi connectivity index (χ0) is 13.7. The molecule has 3 N–H and O–H groups in total. The van der Waals surface area contributed by atoms with Gasteiger partial charge in [0, 0.05) is 30.7 Å². The number of anilines is 1. The van der Waals surface area contributed by atoms with E-state index in [2.05, 4.69) is 15.3 Å². The van der Waals surface area contributed by atoms with Crippen LogP contribution in [-0.2, 0) is 6.54 Å². The summed E-state index contributed by atoms with van der Waals surface area (Å²) < 4.78 is 5.05. The summed E-state index contributed by atoms with van der Waals surface area (Å²) in [5.74, 6) is 0.0149. The first-order chi connectivity index (χ1) is 9.19. The summed E-state index contributed by atoms with van der Waals surface area (Å²) >= 11 is 0. The van der Waals surface area contributed by atoms with Crippen LogP contribution in [-0.4, -0.2) is 23.0 Å². The van der Waals surface area contributed by atoms with Crippen LogP contribution in [0.1, 0.15) is 16.1 Å². The van der Waals surface area contributed by atoms with Crippen LogP contribution in [0.25, 0.3) is 0 Å². The maximum atomic E-state index is 11.0. The lowest BCUT2D eigenvalue weighted by Gasteiger charge is -2.07. The smallest absolute Gasteiger partial charge is 0.267 e. The molecule has 2 aromatic heterocycles. The Labute approximate surface area is 110 Å². The molecule has 0 unspecified atom stereocenters. The van der Waals surface area contributed by atoms with Crippen LogP contribution in [0.15, 0.2) is 36.7 Å². The molecule has 0 aliphatic heterocycles. The van der Waals surface area contributed by atoms with E-state index in [1.807, 2.05) is 12.1 Å². The Morgan fingerprint density at radius 3 is 2.84 bits per heavy atom. The highest BCUT2D eigenvalue weighted by Gasteiger charge is 2.03. The van der Waals surface area contributed by atoms with Crippen molar-refractivity contribution in [3.63, 3.8) is 0 Å². The number of aromatic nitrogens is 2. The molecule has 1 amide bonds. The Bertz CT molecular complexity index is 586. The lowest BCUT2D eigenvalue weighted by molar-refractivity contribution is 0.0995. The molecular formula is C13H14N4O2. The Morgan fingerprint density at radius 2 is 2.11 bits per heavy atom. The number of hydrogen-bond acceptors (Lipinski definition) is 5. The molecule has 0 radical (unpaired) electrons. The molecule has 0 aromatic carbocycles. The van der Waals surface area contributed by atoms with E-state index in [0.717, 1.165) is 11.3 Å². The highest BCUT2D eigenvalue weighted by molar-refractivity contribution is 5.91. The second kappa shape index (κ2) is 5.81. The van der Waals surface area contributed by atoms with Gasteiger partial charge in [0.1, 0.15) is 5.69 Å². The molecule has 0 aliphatic rings. The van der Waals surface area contributed by atoms with Gasteiger partial charge in [0.15, 0.2) is 0 Å². The molecule has 2 rings (SSSR count). The Hall–Kier alpha value is -2.63. The summed E-state index contributed by atoms with van der Waals surface area (Å²) in [6.07, 6.45) is 3.22. The van der Waals surface area contributed by atoms with Crippen LogP contribution >= 0.6 is 0 Å². The van der Waals surface area contributed by atoms with E-state index in [-0.39, 0.29) is 5.69 Å². The number of nitrogens with zero attached hydrogens (tertiary/aromatic N) is 2. The number of nitrogens with two attached hydrogens (primary N) is 1. The van der Waals surface area contributed by atoms with Gasteiger partial charge >= 0.3 is 0 Å². The van der Waals surface area contributed by atoms with Crippen molar-refractivity contribution in [1.29, 1.82) is 0 Å². The number of carbonyl (C=O) groups is 1. The van der Waals surface area contributed by atoms with E-state index in [1.165, 1.54) is 6.20 Å². The van der Waals surface area contributed by atoms with Gasteiger partial charge in [-0.2, -0.15) is 0 Å². The van der Waals surface area contributed by atoms with Crippen LogP contribution in [0.5, 0.6) is 5.88 Å². The average Bonchev–Trinajstić information content (AvgIpc) is 2.45. The molecule has 19 heavy (non-hydrogen) atoms. The average molecular weight is 258 g/mol. The number of pyridine rings is 2. The van der Waals surface area contributed by atoms with Gasteiger partial charge in [0.05, 0.1) is 7.11 Å². The number of carbonyl (C=O) groups excluding carboxylic acids is 1. The highest BCUT2D eigenvalue weighted by atomic mass is 16.5. The normalized spacial score (nSPS) is 9.95. The van der Waals surface area contributed by atoms with E-state index in [1.54, 1.807) is 25.4 Å². The van der Waals surface area contributed by atoms with Crippen molar-refractivity contribution in [2.45, 2.75) is 6.54 Å². The fourth-order valence-corrected chi connectivity index (χ4v) is 1.55. The van der Waals surface area contributed by atoms with Crippen LogP contribution in [0.2, 0.25) is 0 Å². The van der Waals surface area contributed by atoms with Crippen molar-refractivity contribution in [3.8, 4) is 5.88 Å². The summed E-state index contributed by atoms with van der Waals surface area (Å²) in [7, 11) is 1.57. The van der Waals surface area contributed by atoms with Crippen LogP contribution < -0.4 is 15.8 Å². The standard InChI is InChI=1S/C13H14N4O2/c1-19-12-6-9(2-4-16-12)8-17-10-3-5-15-11(7-10)13(14)18/h2-7H,8H2,1H3,(H2,14,18)(H,15,17). The first kappa shape index (κ1) is 12.8. The number of hydrogen-bond donors (Lipinski definition) is 2. The predicted octanol–water partition coefficient (Wildman–Crippen LogP) is 1.20. The topological polar surface area (TPSA) is 90.1 Å². The van der Waals surface area contributed by atoms with Crippen molar-refractivity contribution in [2.75, 3.05) is 12.4 Å². The second-order valence-electron chi connectivity index (χ2n) is 3.85. The van der Waals surface area contributed by atoms with E-state index in [9.17, 15) is 4.79 Å². The minimum Gasteiger partial charge on any atom is -0.481 e. The molecule has 0 bridgehead atoms. The molecule has 6 nitrogen and oxygen atoms in total. The van der Waals surface area contributed by atoms with Crippen LogP contribution in [0.3, 0.4) is 0 Å². The zero-order valence-corrected chi connectivity index (χ0v) is 10.5. The van der Waals surface area contributed by atoms with E-state index < -0.39 is 5.91 Å². The number of methoxy groups -OCH3 is 1. The summed E-state index contributed by atoms with van der Waals surface area (Å²) in [5, 5.41) is 3.18. The van der Waals surface area contributed by atoms with E-state index in [4.69, 9.17) is 10.5 Å². The molecule has 0 aliphatic carbocycles. The number of nitrogens with one attached hydrogen (secondary N) is 1. The summed E-state index contributed by atoms with van der Waals surface area (Å²) in [6.45, 7) is 0.584. The minimum absolute atomic E-state index is 0.234. The predicted molar refractivity (Wildman–Crippen MR) is 70.9 cm³/mol. The number of rotatable bonds is 5. The first-order valence-electron chi connectivity index (χ1n) is 5.67. The minimum atomic E-state index is -0.547. The largest absolute Gasteiger partial charge is 0.481 e. The third-order valence-electron chi connectivity index (χ3n) is 2.52. The van der Waals surface area contributed by atoms with E-state index in [0.29, 0.717) is 12.4 Å². The fraction of sp³-hybridized carbons (Fsp3) is 0.154. The molecule has 0 saturated carbocycles. The number of ether oxygens (including phenoxy) is 1. The number of primary amides is 1. The van der Waals surface area contributed by atoms with Crippen molar-refractivity contribution in [3.05, 3.63) is 47.9 Å². The molecular weight excluding hydrogens is 244 g/mol. The van der Waals surface area contributed by atoms with Gasteiger partial charge in [0.2, 0.25) is 5.88 Å². The molecule has 98 valence electrons.